The van der Waals surface area contributed by atoms with Crippen LogP contribution in [0.2, 0.25) is 0 Å². The first-order chi connectivity index (χ1) is 6.88. The molecular weight excluding hydrogens is 225 g/mol. The van der Waals surface area contributed by atoms with E-state index in [0.717, 1.165) is 9.88 Å². The lowest BCUT2D eigenvalue weighted by molar-refractivity contribution is -0.133. The summed E-state index contributed by atoms with van der Waals surface area (Å²) in [5.41, 5.74) is 0. The highest BCUT2D eigenvalue weighted by Gasteiger charge is 2.26. The molecular formula is C9H13F3N2S. The molecule has 0 aliphatic heterocycles. The van der Waals surface area contributed by atoms with Crippen molar-refractivity contribution in [3.05, 3.63) is 16.1 Å². The second kappa shape index (κ2) is 4.94. The molecule has 1 rings (SSSR count). The van der Waals surface area contributed by atoms with E-state index in [2.05, 4.69) is 10.3 Å². The standard InChI is InChI=1S/C9H13F3N2S/c1-6(8-5-14-7(2)15-8)13-4-3-9(10,11)12/h5-6,13H,3-4H2,1-2H3. The average Bonchev–Trinajstić information content (AvgIpc) is 2.49. The summed E-state index contributed by atoms with van der Waals surface area (Å²) in [7, 11) is 0. The highest BCUT2D eigenvalue weighted by Crippen LogP contribution is 2.22. The fourth-order valence-corrected chi connectivity index (χ4v) is 1.92. The molecule has 0 saturated carbocycles. The number of nitrogens with one attached hydrogen (secondary N) is 1. The molecule has 1 aromatic rings. The Balaban J connectivity index is 2.34. The number of rotatable bonds is 4. The van der Waals surface area contributed by atoms with E-state index < -0.39 is 12.6 Å². The van der Waals surface area contributed by atoms with E-state index >= 15 is 0 Å². The van der Waals surface area contributed by atoms with E-state index in [0.29, 0.717) is 0 Å². The van der Waals surface area contributed by atoms with Gasteiger partial charge >= 0.3 is 6.18 Å². The Bertz CT molecular complexity index is 309. The highest BCUT2D eigenvalue weighted by atomic mass is 32.1. The van der Waals surface area contributed by atoms with Gasteiger partial charge in [0, 0.05) is 23.7 Å². The van der Waals surface area contributed by atoms with Crippen LogP contribution in [0.5, 0.6) is 0 Å². The molecule has 2 nitrogen and oxygen atoms in total. The summed E-state index contributed by atoms with van der Waals surface area (Å²) in [6, 6.07) is -0.0708. The topological polar surface area (TPSA) is 24.9 Å². The molecule has 15 heavy (non-hydrogen) atoms. The van der Waals surface area contributed by atoms with E-state index in [-0.39, 0.29) is 12.6 Å². The minimum absolute atomic E-state index is 0.0540. The molecule has 0 aliphatic carbocycles. The number of nitrogens with zero attached hydrogens (tertiary/aromatic N) is 1. The summed E-state index contributed by atoms with van der Waals surface area (Å²) in [4.78, 5) is 5.02. The molecule has 86 valence electrons. The van der Waals surface area contributed by atoms with Crippen molar-refractivity contribution < 1.29 is 13.2 Å². The van der Waals surface area contributed by atoms with Crippen LogP contribution in [0, 0.1) is 6.92 Å². The zero-order chi connectivity index (χ0) is 11.5. The van der Waals surface area contributed by atoms with Gasteiger partial charge in [0.25, 0.3) is 0 Å². The second-order valence-corrected chi connectivity index (χ2v) is 4.59. The Morgan fingerprint density at radius 3 is 2.67 bits per heavy atom. The highest BCUT2D eigenvalue weighted by molar-refractivity contribution is 7.11. The molecule has 1 atom stereocenters. The quantitative estimate of drug-likeness (QED) is 0.872. The second-order valence-electron chi connectivity index (χ2n) is 3.32. The van der Waals surface area contributed by atoms with Gasteiger partial charge in [-0.2, -0.15) is 13.2 Å². The van der Waals surface area contributed by atoms with Crippen molar-refractivity contribution in [3.63, 3.8) is 0 Å². The van der Waals surface area contributed by atoms with Crippen molar-refractivity contribution in [2.75, 3.05) is 6.54 Å². The molecule has 0 aliphatic rings. The Labute approximate surface area is 90.5 Å². The van der Waals surface area contributed by atoms with Crippen molar-refractivity contribution in [1.82, 2.24) is 10.3 Å². The van der Waals surface area contributed by atoms with Crippen LogP contribution in [-0.2, 0) is 0 Å². The lowest BCUT2D eigenvalue weighted by atomic mass is 10.3. The first kappa shape index (κ1) is 12.4. The van der Waals surface area contributed by atoms with Crippen LogP contribution in [0.1, 0.15) is 29.3 Å². The van der Waals surface area contributed by atoms with Crippen molar-refractivity contribution in [3.8, 4) is 0 Å². The Morgan fingerprint density at radius 1 is 1.53 bits per heavy atom. The number of hydrogen-bond donors (Lipinski definition) is 1. The molecule has 0 saturated heterocycles. The van der Waals surface area contributed by atoms with E-state index in [9.17, 15) is 13.2 Å². The summed E-state index contributed by atoms with van der Waals surface area (Å²) >= 11 is 1.50. The normalized spacial score (nSPS) is 14.2. The van der Waals surface area contributed by atoms with E-state index in [1.807, 2.05) is 13.8 Å². The number of alkyl halides is 3. The predicted molar refractivity (Wildman–Crippen MR) is 53.9 cm³/mol. The molecule has 1 unspecified atom stereocenters. The lowest BCUT2D eigenvalue weighted by Crippen LogP contribution is -2.23. The number of halogens is 3. The molecule has 1 heterocycles. The van der Waals surface area contributed by atoms with Crippen LogP contribution in [0.4, 0.5) is 13.2 Å². The maximum atomic E-state index is 11.9. The van der Waals surface area contributed by atoms with Gasteiger partial charge in [-0.25, -0.2) is 4.98 Å². The van der Waals surface area contributed by atoms with Gasteiger partial charge in [0.05, 0.1) is 11.4 Å². The van der Waals surface area contributed by atoms with Crippen LogP contribution in [0.25, 0.3) is 0 Å². The van der Waals surface area contributed by atoms with Crippen molar-refractivity contribution in [2.24, 2.45) is 0 Å². The van der Waals surface area contributed by atoms with Gasteiger partial charge in [-0.1, -0.05) is 0 Å². The Hall–Kier alpha value is -0.620. The SMILES string of the molecule is Cc1ncc(C(C)NCCC(F)(F)F)s1. The number of aromatic nitrogens is 1. The van der Waals surface area contributed by atoms with E-state index in [1.165, 1.54) is 11.3 Å². The van der Waals surface area contributed by atoms with E-state index in [4.69, 9.17) is 0 Å². The van der Waals surface area contributed by atoms with Gasteiger partial charge in [-0.05, 0) is 13.8 Å². The zero-order valence-electron chi connectivity index (χ0n) is 8.56. The van der Waals surface area contributed by atoms with Crippen molar-refractivity contribution in [1.29, 1.82) is 0 Å². The minimum atomic E-state index is -4.09. The lowest BCUT2D eigenvalue weighted by Gasteiger charge is -2.12. The summed E-state index contributed by atoms with van der Waals surface area (Å²) in [5, 5.41) is 3.74. The van der Waals surface area contributed by atoms with Crippen LogP contribution >= 0.6 is 11.3 Å². The molecule has 1 N–H and O–H groups in total. The number of thiazole rings is 1. The van der Waals surface area contributed by atoms with Gasteiger partial charge in [0.2, 0.25) is 0 Å². The first-order valence-electron chi connectivity index (χ1n) is 4.61. The molecule has 0 amide bonds. The van der Waals surface area contributed by atoms with Crippen molar-refractivity contribution >= 4 is 11.3 Å². The minimum Gasteiger partial charge on any atom is -0.309 e. The Morgan fingerprint density at radius 2 is 2.20 bits per heavy atom. The third-order valence-corrected chi connectivity index (χ3v) is 3.02. The molecule has 0 spiro atoms. The smallest absolute Gasteiger partial charge is 0.309 e. The first-order valence-corrected chi connectivity index (χ1v) is 5.42. The molecule has 0 fully saturated rings. The maximum absolute atomic E-state index is 11.9. The third-order valence-electron chi connectivity index (χ3n) is 1.92. The van der Waals surface area contributed by atoms with Gasteiger partial charge in [-0.15, -0.1) is 11.3 Å². The van der Waals surface area contributed by atoms with Gasteiger partial charge < -0.3 is 5.32 Å². The largest absolute Gasteiger partial charge is 0.390 e. The fraction of sp³-hybridized carbons (Fsp3) is 0.667. The van der Waals surface area contributed by atoms with Crippen LogP contribution in [-0.4, -0.2) is 17.7 Å². The fourth-order valence-electron chi connectivity index (χ4n) is 1.11. The molecule has 0 aromatic carbocycles. The predicted octanol–water partition coefficient (Wildman–Crippen LogP) is 3.05. The summed E-state index contributed by atoms with van der Waals surface area (Å²) in [6.45, 7) is 3.65. The van der Waals surface area contributed by atoms with Gasteiger partial charge in [0.15, 0.2) is 0 Å². The molecule has 0 radical (unpaired) electrons. The number of aryl methyl sites for hydroxylation is 1. The van der Waals surface area contributed by atoms with Crippen molar-refractivity contribution in [2.45, 2.75) is 32.5 Å². The monoisotopic (exact) mass is 238 g/mol. The molecule has 1 aromatic heterocycles. The summed E-state index contributed by atoms with van der Waals surface area (Å²) in [5.74, 6) is 0. The third kappa shape index (κ3) is 4.61. The number of hydrogen-bond acceptors (Lipinski definition) is 3. The van der Waals surface area contributed by atoms with Crippen LogP contribution in [0.15, 0.2) is 6.20 Å². The average molecular weight is 238 g/mol. The summed E-state index contributed by atoms with van der Waals surface area (Å²) < 4.78 is 35.6. The Kier molecular flexibility index (Phi) is 4.10. The maximum Gasteiger partial charge on any atom is 0.390 e. The van der Waals surface area contributed by atoms with Crippen LogP contribution < -0.4 is 5.32 Å². The summed E-state index contributed by atoms with van der Waals surface area (Å²) in [6.07, 6.45) is -3.18. The van der Waals surface area contributed by atoms with Gasteiger partial charge in [0.1, 0.15) is 0 Å². The van der Waals surface area contributed by atoms with Gasteiger partial charge in [-0.3, -0.25) is 0 Å². The zero-order valence-corrected chi connectivity index (χ0v) is 9.37. The van der Waals surface area contributed by atoms with Crippen LogP contribution in [0.3, 0.4) is 0 Å². The molecule has 6 heteroatoms. The molecule has 0 bridgehead atoms. The van der Waals surface area contributed by atoms with E-state index in [1.54, 1.807) is 6.20 Å².